The Morgan fingerprint density at radius 3 is 2.24 bits per heavy atom. The summed E-state index contributed by atoms with van der Waals surface area (Å²) in [7, 11) is 1.49. The number of methoxy groups -OCH3 is 1. The van der Waals surface area contributed by atoms with Gasteiger partial charge in [0.25, 0.3) is 5.91 Å². The average molecular weight is 405 g/mol. The predicted molar refractivity (Wildman–Crippen MR) is 109 cm³/mol. The highest BCUT2D eigenvalue weighted by Gasteiger charge is 2.24. The van der Waals surface area contributed by atoms with Crippen molar-refractivity contribution in [2.24, 2.45) is 0 Å². The maximum Gasteiger partial charge on any atom is 0.260 e. The van der Waals surface area contributed by atoms with E-state index in [0.717, 1.165) is 0 Å². The van der Waals surface area contributed by atoms with Crippen molar-refractivity contribution in [2.45, 2.75) is 20.8 Å². The van der Waals surface area contributed by atoms with E-state index in [4.69, 9.17) is 9.47 Å². The molecule has 0 saturated carbocycles. The lowest BCUT2D eigenvalue weighted by atomic mass is 10.1. The summed E-state index contributed by atoms with van der Waals surface area (Å²) in [5, 5.41) is 0. The maximum absolute atomic E-state index is 12.5. The second kappa shape index (κ2) is 10.8. The van der Waals surface area contributed by atoms with Crippen molar-refractivity contribution in [3.8, 4) is 11.5 Å². The molecule has 29 heavy (non-hydrogen) atoms. The average Bonchev–Trinajstić information content (AvgIpc) is 2.73. The van der Waals surface area contributed by atoms with Crippen LogP contribution in [0, 0.1) is 0 Å². The van der Waals surface area contributed by atoms with Gasteiger partial charge in [-0.2, -0.15) is 0 Å². The fraction of sp³-hybridized carbons (Fsp3) is 0.571. The second-order valence-corrected chi connectivity index (χ2v) is 6.93. The molecule has 0 radical (unpaired) electrons. The first-order chi connectivity index (χ1) is 13.9. The Kier molecular flexibility index (Phi) is 8.45. The largest absolute Gasteiger partial charge is 0.493 e. The quantitative estimate of drug-likeness (QED) is 0.576. The van der Waals surface area contributed by atoms with E-state index in [0.29, 0.717) is 62.9 Å². The monoisotopic (exact) mass is 405 g/mol. The first-order valence-electron chi connectivity index (χ1n) is 9.99. The van der Waals surface area contributed by atoms with Gasteiger partial charge in [0.1, 0.15) is 0 Å². The van der Waals surface area contributed by atoms with E-state index in [1.54, 1.807) is 23.1 Å². The minimum atomic E-state index is -0.114. The highest BCUT2D eigenvalue weighted by molar-refractivity contribution is 5.94. The normalized spacial score (nSPS) is 14.4. The minimum Gasteiger partial charge on any atom is -0.493 e. The van der Waals surface area contributed by atoms with Gasteiger partial charge in [0, 0.05) is 44.8 Å². The van der Waals surface area contributed by atoms with Crippen molar-refractivity contribution in [1.29, 1.82) is 0 Å². The molecule has 0 bridgehead atoms. The molecule has 0 N–H and O–H groups in total. The number of rotatable bonds is 9. The van der Waals surface area contributed by atoms with Gasteiger partial charge in [0.15, 0.2) is 23.9 Å². The Labute approximate surface area is 172 Å². The molecular formula is C21H31N3O5. The van der Waals surface area contributed by atoms with Crippen LogP contribution in [0.25, 0.3) is 0 Å². The third-order valence-electron chi connectivity index (χ3n) is 5.12. The number of nitrogens with zero attached hydrogens (tertiary/aromatic N) is 3. The van der Waals surface area contributed by atoms with Crippen LogP contribution in [-0.4, -0.2) is 91.8 Å². The molecule has 1 aliphatic rings. The summed E-state index contributed by atoms with van der Waals surface area (Å²) in [6, 6.07) is 4.89. The molecule has 0 spiro atoms. The van der Waals surface area contributed by atoms with E-state index in [9.17, 15) is 14.4 Å². The third-order valence-corrected chi connectivity index (χ3v) is 5.12. The molecule has 0 atom stereocenters. The number of hydrogen-bond donors (Lipinski definition) is 0. The van der Waals surface area contributed by atoms with E-state index in [1.165, 1.54) is 14.0 Å². The number of piperazine rings is 1. The number of amides is 2. The van der Waals surface area contributed by atoms with Gasteiger partial charge in [-0.15, -0.1) is 0 Å². The standard InChI is InChI=1S/C21H31N3O5/c1-5-23(6-2)20(26)14-22-9-11-24(12-10-22)21(27)15-29-18-8-7-17(16(3)25)13-19(18)28-4/h7-8,13H,5-6,9-12,14-15H2,1-4H3. The molecule has 2 rings (SSSR count). The molecule has 1 aliphatic heterocycles. The lowest BCUT2D eigenvalue weighted by Crippen LogP contribution is -2.52. The Hall–Kier alpha value is -2.61. The van der Waals surface area contributed by atoms with Crippen LogP contribution in [0.4, 0.5) is 0 Å². The number of Topliss-reactive ketones (excluding diaryl/α,β-unsaturated/α-hetero) is 1. The molecule has 8 heteroatoms. The Bertz CT molecular complexity index is 725. The molecule has 8 nitrogen and oxygen atoms in total. The summed E-state index contributed by atoms with van der Waals surface area (Å²) in [6.45, 7) is 9.58. The smallest absolute Gasteiger partial charge is 0.260 e. The third kappa shape index (κ3) is 6.19. The number of ether oxygens (including phenoxy) is 2. The fourth-order valence-corrected chi connectivity index (χ4v) is 3.26. The van der Waals surface area contributed by atoms with Gasteiger partial charge < -0.3 is 19.3 Å². The zero-order chi connectivity index (χ0) is 21.4. The number of benzene rings is 1. The molecule has 0 unspecified atom stereocenters. The van der Waals surface area contributed by atoms with Gasteiger partial charge in [-0.25, -0.2) is 0 Å². The maximum atomic E-state index is 12.5. The van der Waals surface area contributed by atoms with Gasteiger partial charge in [0.05, 0.1) is 13.7 Å². The van der Waals surface area contributed by atoms with E-state index < -0.39 is 0 Å². The molecule has 2 amide bonds. The molecule has 1 heterocycles. The van der Waals surface area contributed by atoms with Crippen molar-refractivity contribution in [3.05, 3.63) is 23.8 Å². The van der Waals surface area contributed by atoms with Crippen LogP contribution in [0.5, 0.6) is 11.5 Å². The van der Waals surface area contributed by atoms with Gasteiger partial charge in [-0.1, -0.05) is 0 Å². The number of ketones is 1. The van der Waals surface area contributed by atoms with Crippen LogP contribution in [0.2, 0.25) is 0 Å². The van der Waals surface area contributed by atoms with E-state index in [2.05, 4.69) is 4.90 Å². The predicted octanol–water partition coefficient (Wildman–Crippen LogP) is 1.29. The molecule has 1 fully saturated rings. The minimum absolute atomic E-state index is 0.0664. The molecule has 0 aromatic heterocycles. The van der Waals surface area contributed by atoms with Gasteiger partial charge in [-0.3, -0.25) is 19.3 Å². The van der Waals surface area contributed by atoms with Crippen molar-refractivity contribution < 1.29 is 23.9 Å². The van der Waals surface area contributed by atoms with Crippen LogP contribution >= 0.6 is 0 Å². The van der Waals surface area contributed by atoms with Crippen molar-refractivity contribution >= 4 is 17.6 Å². The topological polar surface area (TPSA) is 79.4 Å². The van der Waals surface area contributed by atoms with Crippen LogP contribution in [0.3, 0.4) is 0 Å². The van der Waals surface area contributed by atoms with Crippen molar-refractivity contribution in [3.63, 3.8) is 0 Å². The van der Waals surface area contributed by atoms with Gasteiger partial charge in [-0.05, 0) is 39.0 Å². The molecule has 160 valence electrons. The van der Waals surface area contributed by atoms with E-state index in [1.807, 2.05) is 18.7 Å². The number of likely N-dealkylation sites (N-methyl/N-ethyl adjacent to an activating group) is 1. The Morgan fingerprint density at radius 1 is 1.03 bits per heavy atom. The van der Waals surface area contributed by atoms with Crippen LogP contribution in [-0.2, 0) is 9.59 Å². The molecule has 1 aromatic carbocycles. The molecule has 1 saturated heterocycles. The van der Waals surface area contributed by atoms with Crippen LogP contribution in [0.1, 0.15) is 31.1 Å². The summed E-state index contributed by atoms with van der Waals surface area (Å²) < 4.78 is 10.9. The number of carbonyl (C=O) groups excluding carboxylic acids is 3. The van der Waals surface area contributed by atoms with E-state index >= 15 is 0 Å². The summed E-state index contributed by atoms with van der Waals surface area (Å²) in [4.78, 5) is 41.8. The lowest BCUT2D eigenvalue weighted by molar-refractivity contribution is -0.136. The lowest BCUT2D eigenvalue weighted by Gasteiger charge is -2.35. The summed E-state index contributed by atoms with van der Waals surface area (Å²) in [5.74, 6) is 0.791. The highest BCUT2D eigenvalue weighted by Crippen LogP contribution is 2.28. The number of carbonyl (C=O) groups is 3. The number of hydrogen-bond acceptors (Lipinski definition) is 6. The van der Waals surface area contributed by atoms with Crippen molar-refractivity contribution in [2.75, 3.05) is 59.5 Å². The second-order valence-electron chi connectivity index (χ2n) is 6.93. The summed E-state index contributed by atoms with van der Waals surface area (Å²) >= 11 is 0. The van der Waals surface area contributed by atoms with Gasteiger partial charge >= 0.3 is 0 Å². The first kappa shape index (κ1) is 22.7. The van der Waals surface area contributed by atoms with Crippen LogP contribution < -0.4 is 9.47 Å². The van der Waals surface area contributed by atoms with E-state index in [-0.39, 0.29) is 24.2 Å². The summed E-state index contributed by atoms with van der Waals surface area (Å²) in [5.41, 5.74) is 0.524. The van der Waals surface area contributed by atoms with Crippen LogP contribution in [0.15, 0.2) is 18.2 Å². The van der Waals surface area contributed by atoms with Crippen molar-refractivity contribution in [1.82, 2.24) is 14.7 Å². The zero-order valence-electron chi connectivity index (χ0n) is 17.8. The molecular weight excluding hydrogens is 374 g/mol. The SMILES string of the molecule is CCN(CC)C(=O)CN1CCN(C(=O)COc2ccc(C(C)=O)cc2OC)CC1. The highest BCUT2D eigenvalue weighted by atomic mass is 16.5. The Balaban J connectivity index is 1.83. The zero-order valence-corrected chi connectivity index (χ0v) is 17.8. The Morgan fingerprint density at radius 2 is 1.69 bits per heavy atom. The summed E-state index contributed by atoms with van der Waals surface area (Å²) in [6.07, 6.45) is 0. The molecule has 0 aliphatic carbocycles. The first-order valence-corrected chi connectivity index (χ1v) is 9.99. The molecule has 1 aromatic rings. The van der Waals surface area contributed by atoms with Gasteiger partial charge in [0.2, 0.25) is 5.91 Å². The fourth-order valence-electron chi connectivity index (χ4n) is 3.26.